The van der Waals surface area contributed by atoms with E-state index in [1.165, 1.54) is 6.42 Å². The molecule has 0 unspecified atom stereocenters. The molecule has 124 valence electrons. The molecule has 2 saturated heterocycles. The Hall–Kier alpha value is -0.840. The molecule has 1 aromatic heterocycles. The van der Waals surface area contributed by atoms with Crippen LogP contribution in [0.3, 0.4) is 0 Å². The van der Waals surface area contributed by atoms with E-state index in [9.17, 15) is 0 Å². The van der Waals surface area contributed by atoms with Crippen molar-refractivity contribution in [3.8, 4) is 0 Å². The second-order valence-corrected chi connectivity index (χ2v) is 6.67. The van der Waals surface area contributed by atoms with E-state index in [4.69, 9.17) is 13.9 Å². The molecular weight excluding hydrogens is 278 g/mol. The zero-order valence-electron chi connectivity index (χ0n) is 14.0. The molecule has 2 aliphatic heterocycles. The van der Waals surface area contributed by atoms with Gasteiger partial charge in [0.1, 0.15) is 11.5 Å². The lowest BCUT2D eigenvalue weighted by atomic mass is 9.78. The number of hydrogen-bond acceptors (Lipinski definition) is 4. The molecule has 0 saturated carbocycles. The predicted molar refractivity (Wildman–Crippen MR) is 85.9 cm³/mol. The first-order chi connectivity index (χ1) is 10.7. The molecule has 1 aromatic rings. The Labute approximate surface area is 133 Å². The van der Waals surface area contributed by atoms with Crippen molar-refractivity contribution in [3.05, 3.63) is 23.7 Å². The number of likely N-dealkylation sites (tertiary alicyclic amines) is 1. The van der Waals surface area contributed by atoms with Crippen LogP contribution in [0, 0.1) is 12.8 Å². The van der Waals surface area contributed by atoms with Crippen LogP contribution < -0.4 is 0 Å². The summed E-state index contributed by atoms with van der Waals surface area (Å²) in [6.07, 6.45) is 4.63. The maximum Gasteiger partial charge on any atom is 0.118 e. The molecule has 1 atom stereocenters. The SMILES string of the molecule is CCOCC[C@H]1CCOC12CCN(Cc1ccc(C)o1)CC2. The van der Waals surface area contributed by atoms with Gasteiger partial charge in [-0.1, -0.05) is 0 Å². The summed E-state index contributed by atoms with van der Waals surface area (Å²) in [5.41, 5.74) is 0.118. The van der Waals surface area contributed by atoms with Gasteiger partial charge in [-0.3, -0.25) is 4.90 Å². The molecule has 0 aromatic carbocycles. The molecule has 0 radical (unpaired) electrons. The highest BCUT2D eigenvalue weighted by Crippen LogP contribution is 2.42. The monoisotopic (exact) mass is 307 g/mol. The van der Waals surface area contributed by atoms with Gasteiger partial charge in [0.15, 0.2) is 0 Å². The lowest BCUT2D eigenvalue weighted by Gasteiger charge is -2.42. The number of ether oxygens (including phenoxy) is 2. The van der Waals surface area contributed by atoms with Crippen molar-refractivity contribution in [1.29, 1.82) is 0 Å². The van der Waals surface area contributed by atoms with Crippen molar-refractivity contribution in [2.24, 2.45) is 5.92 Å². The van der Waals surface area contributed by atoms with Crippen LogP contribution in [0.1, 0.15) is 44.1 Å². The van der Waals surface area contributed by atoms with Gasteiger partial charge in [0.05, 0.1) is 12.1 Å². The summed E-state index contributed by atoms with van der Waals surface area (Å²) in [5, 5.41) is 0. The maximum atomic E-state index is 6.22. The third-order valence-corrected chi connectivity index (χ3v) is 5.29. The van der Waals surface area contributed by atoms with Gasteiger partial charge >= 0.3 is 0 Å². The summed E-state index contributed by atoms with van der Waals surface area (Å²) in [5.74, 6) is 2.75. The number of furan rings is 1. The number of aryl methyl sites for hydroxylation is 1. The second-order valence-electron chi connectivity index (χ2n) is 6.67. The van der Waals surface area contributed by atoms with Gasteiger partial charge in [-0.05, 0) is 57.6 Å². The summed E-state index contributed by atoms with van der Waals surface area (Å²) >= 11 is 0. The summed E-state index contributed by atoms with van der Waals surface area (Å²) < 4.78 is 17.5. The van der Waals surface area contributed by atoms with E-state index in [0.717, 1.165) is 70.2 Å². The number of rotatable bonds is 6. The first-order valence-electron chi connectivity index (χ1n) is 8.71. The van der Waals surface area contributed by atoms with E-state index < -0.39 is 0 Å². The van der Waals surface area contributed by atoms with Gasteiger partial charge in [0.2, 0.25) is 0 Å². The van der Waals surface area contributed by atoms with Crippen LogP contribution in [0.5, 0.6) is 0 Å². The number of piperidine rings is 1. The van der Waals surface area contributed by atoms with E-state index in [1.807, 2.05) is 13.0 Å². The molecular formula is C18H29NO3. The maximum absolute atomic E-state index is 6.22. The third-order valence-electron chi connectivity index (χ3n) is 5.29. The van der Waals surface area contributed by atoms with Crippen LogP contribution in [0.25, 0.3) is 0 Å². The van der Waals surface area contributed by atoms with E-state index in [0.29, 0.717) is 5.92 Å². The molecule has 0 N–H and O–H groups in total. The van der Waals surface area contributed by atoms with Crippen LogP contribution in [0.4, 0.5) is 0 Å². The zero-order valence-corrected chi connectivity index (χ0v) is 14.0. The topological polar surface area (TPSA) is 34.8 Å². The molecule has 22 heavy (non-hydrogen) atoms. The van der Waals surface area contributed by atoms with E-state index in [1.54, 1.807) is 0 Å². The van der Waals surface area contributed by atoms with Gasteiger partial charge < -0.3 is 13.9 Å². The number of hydrogen-bond donors (Lipinski definition) is 0. The fourth-order valence-corrected chi connectivity index (χ4v) is 4.00. The summed E-state index contributed by atoms with van der Waals surface area (Å²) in [7, 11) is 0. The van der Waals surface area contributed by atoms with Crippen LogP contribution in [0.15, 0.2) is 16.5 Å². The Morgan fingerprint density at radius 1 is 1.32 bits per heavy atom. The van der Waals surface area contributed by atoms with Gasteiger partial charge in [-0.2, -0.15) is 0 Å². The molecule has 4 heteroatoms. The molecule has 1 spiro atoms. The van der Waals surface area contributed by atoms with Crippen LogP contribution >= 0.6 is 0 Å². The van der Waals surface area contributed by atoms with E-state index in [2.05, 4.69) is 17.9 Å². The molecule has 3 rings (SSSR count). The van der Waals surface area contributed by atoms with Crippen molar-refractivity contribution >= 4 is 0 Å². The Balaban J connectivity index is 1.51. The molecule has 2 fully saturated rings. The highest BCUT2D eigenvalue weighted by Gasteiger charge is 2.45. The third kappa shape index (κ3) is 3.55. The van der Waals surface area contributed by atoms with Crippen LogP contribution in [-0.4, -0.2) is 43.4 Å². The van der Waals surface area contributed by atoms with Crippen LogP contribution in [-0.2, 0) is 16.0 Å². The van der Waals surface area contributed by atoms with Crippen molar-refractivity contribution in [1.82, 2.24) is 4.90 Å². The quantitative estimate of drug-likeness (QED) is 0.755. The molecule has 2 aliphatic rings. The van der Waals surface area contributed by atoms with Gasteiger partial charge in [0, 0.05) is 32.9 Å². The molecule has 0 bridgehead atoms. The fourth-order valence-electron chi connectivity index (χ4n) is 4.00. The minimum atomic E-state index is 0.118. The second kappa shape index (κ2) is 7.16. The van der Waals surface area contributed by atoms with Crippen molar-refractivity contribution in [3.63, 3.8) is 0 Å². The number of nitrogens with zero attached hydrogens (tertiary/aromatic N) is 1. The molecule has 4 nitrogen and oxygen atoms in total. The minimum absolute atomic E-state index is 0.118. The summed E-state index contributed by atoms with van der Waals surface area (Å²) in [4.78, 5) is 2.49. The molecule has 0 amide bonds. The lowest BCUT2D eigenvalue weighted by Crippen LogP contribution is -2.47. The summed E-state index contributed by atoms with van der Waals surface area (Å²) in [6.45, 7) is 9.82. The standard InChI is InChI=1S/C18H29NO3/c1-3-20-12-6-16-7-13-21-18(16)8-10-19(11-9-18)14-17-5-4-15(2)22-17/h4-5,16H,3,6-14H2,1-2H3/t16-/m0/s1. The zero-order chi connectivity index (χ0) is 15.4. The average molecular weight is 307 g/mol. The average Bonchev–Trinajstić information content (AvgIpc) is 3.09. The lowest BCUT2D eigenvalue weighted by molar-refractivity contribution is -0.0734. The normalized spacial score (nSPS) is 25.1. The van der Waals surface area contributed by atoms with Gasteiger partial charge in [-0.25, -0.2) is 0 Å². The predicted octanol–water partition coefficient (Wildman–Crippen LogP) is 3.39. The Morgan fingerprint density at radius 3 is 2.82 bits per heavy atom. The molecule has 0 aliphatic carbocycles. The summed E-state index contributed by atoms with van der Waals surface area (Å²) in [6, 6.07) is 4.14. The van der Waals surface area contributed by atoms with Crippen molar-refractivity contribution in [2.45, 2.75) is 51.7 Å². The highest BCUT2D eigenvalue weighted by atomic mass is 16.5. The first-order valence-corrected chi connectivity index (χ1v) is 8.71. The largest absolute Gasteiger partial charge is 0.465 e. The highest BCUT2D eigenvalue weighted by molar-refractivity contribution is 5.06. The van der Waals surface area contributed by atoms with Crippen molar-refractivity contribution in [2.75, 3.05) is 32.9 Å². The van der Waals surface area contributed by atoms with Gasteiger partial charge in [0.25, 0.3) is 0 Å². The molecule has 3 heterocycles. The van der Waals surface area contributed by atoms with E-state index in [-0.39, 0.29) is 5.60 Å². The van der Waals surface area contributed by atoms with Crippen molar-refractivity contribution < 1.29 is 13.9 Å². The Kier molecular flexibility index (Phi) is 5.21. The Morgan fingerprint density at radius 2 is 2.14 bits per heavy atom. The Bertz CT molecular complexity index is 463. The fraction of sp³-hybridized carbons (Fsp3) is 0.778. The van der Waals surface area contributed by atoms with E-state index >= 15 is 0 Å². The first kappa shape index (κ1) is 16.0. The van der Waals surface area contributed by atoms with Crippen LogP contribution in [0.2, 0.25) is 0 Å². The van der Waals surface area contributed by atoms with Gasteiger partial charge in [-0.15, -0.1) is 0 Å². The smallest absolute Gasteiger partial charge is 0.118 e. The minimum Gasteiger partial charge on any atom is -0.465 e.